The predicted molar refractivity (Wildman–Crippen MR) is 125 cm³/mol. The number of nitrogens with zero attached hydrogens (tertiary/aromatic N) is 2. The summed E-state index contributed by atoms with van der Waals surface area (Å²) in [6, 6.07) is 8.98. The van der Waals surface area contributed by atoms with Crippen molar-refractivity contribution < 1.29 is 9.47 Å². The highest BCUT2D eigenvalue weighted by Crippen LogP contribution is 2.25. The van der Waals surface area contributed by atoms with Crippen LogP contribution in [0.25, 0.3) is 0 Å². The van der Waals surface area contributed by atoms with Crippen LogP contribution >= 0.6 is 11.3 Å². The van der Waals surface area contributed by atoms with Crippen molar-refractivity contribution >= 4 is 17.3 Å². The molecule has 6 nitrogen and oxygen atoms in total. The number of rotatable bonds is 9. The maximum Gasteiger partial charge on any atom is 0.191 e. The zero-order valence-electron chi connectivity index (χ0n) is 18.5. The van der Waals surface area contributed by atoms with E-state index in [0.717, 1.165) is 43.3 Å². The van der Waals surface area contributed by atoms with E-state index in [1.807, 2.05) is 18.4 Å². The van der Waals surface area contributed by atoms with E-state index < -0.39 is 0 Å². The van der Waals surface area contributed by atoms with Gasteiger partial charge in [0.1, 0.15) is 12.4 Å². The van der Waals surface area contributed by atoms with E-state index in [0.29, 0.717) is 25.8 Å². The molecule has 2 aromatic rings. The highest BCUT2D eigenvalue weighted by atomic mass is 32.1. The predicted octanol–water partition coefficient (Wildman–Crippen LogP) is 3.19. The fourth-order valence-electron chi connectivity index (χ4n) is 3.60. The molecule has 0 saturated carbocycles. The van der Waals surface area contributed by atoms with E-state index in [1.54, 1.807) is 12.0 Å². The van der Waals surface area contributed by atoms with Crippen LogP contribution in [0.4, 0.5) is 0 Å². The highest BCUT2D eigenvalue weighted by molar-refractivity contribution is 7.10. The molecule has 7 heteroatoms. The highest BCUT2D eigenvalue weighted by Gasteiger charge is 2.21. The normalized spacial score (nSPS) is 15.5. The van der Waals surface area contributed by atoms with Crippen molar-refractivity contribution in [2.75, 3.05) is 40.5 Å². The molecule has 1 aliphatic rings. The summed E-state index contributed by atoms with van der Waals surface area (Å²) in [4.78, 5) is 8.47. The van der Waals surface area contributed by atoms with Crippen molar-refractivity contribution in [3.63, 3.8) is 0 Å². The smallest absolute Gasteiger partial charge is 0.191 e. The summed E-state index contributed by atoms with van der Waals surface area (Å²) in [5.41, 5.74) is 3.77. The number of benzene rings is 1. The first-order valence-electron chi connectivity index (χ1n) is 10.6. The Labute approximate surface area is 184 Å². The van der Waals surface area contributed by atoms with Crippen LogP contribution in [0.2, 0.25) is 0 Å². The zero-order chi connectivity index (χ0) is 21.3. The first kappa shape index (κ1) is 22.6. The Hall–Kier alpha value is -2.09. The van der Waals surface area contributed by atoms with E-state index in [-0.39, 0.29) is 0 Å². The lowest BCUT2D eigenvalue weighted by Crippen LogP contribution is -2.47. The quantitative estimate of drug-likeness (QED) is 0.364. The number of methoxy groups -OCH3 is 1. The van der Waals surface area contributed by atoms with E-state index in [9.17, 15) is 0 Å². The lowest BCUT2D eigenvalue weighted by Gasteiger charge is -2.32. The van der Waals surface area contributed by atoms with Gasteiger partial charge in [-0.1, -0.05) is 12.1 Å². The summed E-state index contributed by atoms with van der Waals surface area (Å²) < 4.78 is 11.0. The molecule has 0 bridgehead atoms. The van der Waals surface area contributed by atoms with E-state index >= 15 is 0 Å². The molecular formula is C23H34N4O2S. The fourth-order valence-corrected chi connectivity index (χ4v) is 4.49. The molecule has 1 aliphatic heterocycles. The summed E-state index contributed by atoms with van der Waals surface area (Å²) in [7, 11) is 3.49. The zero-order valence-corrected chi connectivity index (χ0v) is 19.3. The number of hydrogen-bond acceptors (Lipinski definition) is 5. The van der Waals surface area contributed by atoms with Crippen molar-refractivity contribution in [2.45, 2.75) is 39.4 Å². The van der Waals surface area contributed by atoms with E-state index in [4.69, 9.17) is 9.47 Å². The van der Waals surface area contributed by atoms with Crippen LogP contribution in [0.15, 0.2) is 34.6 Å². The standard InChI is InChI=1S/C23H34N4O2S/c1-17-5-6-19(21(13-17)29-11-10-28-4)15-26-23(24-3)25-14-18(2)27-9-7-22-20(16-27)8-12-30-22/h5-6,8,12-13,18H,7,9-11,14-16H2,1-4H3,(H2,24,25,26). The van der Waals surface area contributed by atoms with Crippen LogP contribution in [0.5, 0.6) is 5.75 Å². The Bertz CT molecular complexity index is 836. The number of ether oxygens (including phenoxy) is 2. The molecule has 3 rings (SSSR count). The van der Waals surface area contributed by atoms with Gasteiger partial charge in [-0.05, 0) is 48.9 Å². The van der Waals surface area contributed by atoms with Gasteiger partial charge in [0.25, 0.3) is 0 Å². The number of thiophene rings is 1. The van der Waals surface area contributed by atoms with Gasteiger partial charge in [0, 0.05) is 56.8 Å². The molecule has 0 spiro atoms. The molecule has 1 unspecified atom stereocenters. The van der Waals surface area contributed by atoms with Crippen LogP contribution in [-0.4, -0.2) is 57.4 Å². The molecule has 0 radical (unpaired) electrons. The average Bonchev–Trinajstić information content (AvgIpc) is 3.23. The number of hydrogen-bond donors (Lipinski definition) is 2. The van der Waals surface area contributed by atoms with Crippen molar-refractivity contribution in [3.05, 3.63) is 51.2 Å². The molecule has 1 aromatic carbocycles. The van der Waals surface area contributed by atoms with Gasteiger partial charge < -0.3 is 20.1 Å². The minimum atomic E-state index is 0.434. The van der Waals surface area contributed by atoms with Crippen LogP contribution < -0.4 is 15.4 Å². The SMILES string of the molecule is CN=C(NCc1ccc(C)cc1OCCOC)NCC(C)N1CCc2sccc2C1. The second-order valence-corrected chi connectivity index (χ2v) is 8.70. The van der Waals surface area contributed by atoms with Gasteiger partial charge in [0.2, 0.25) is 0 Å². The molecule has 1 aromatic heterocycles. The van der Waals surface area contributed by atoms with Gasteiger partial charge in [-0.25, -0.2) is 0 Å². The second-order valence-electron chi connectivity index (χ2n) is 7.70. The Morgan fingerprint density at radius 3 is 2.93 bits per heavy atom. The first-order chi connectivity index (χ1) is 14.6. The topological polar surface area (TPSA) is 58.1 Å². The summed E-state index contributed by atoms with van der Waals surface area (Å²) in [6.07, 6.45) is 1.16. The molecule has 164 valence electrons. The molecule has 2 N–H and O–H groups in total. The third-order valence-electron chi connectivity index (χ3n) is 5.46. The van der Waals surface area contributed by atoms with Crippen LogP contribution in [0.1, 0.15) is 28.5 Å². The lowest BCUT2D eigenvalue weighted by atomic mass is 10.1. The summed E-state index contributed by atoms with van der Waals surface area (Å²) in [5.74, 6) is 1.70. The summed E-state index contributed by atoms with van der Waals surface area (Å²) >= 11 is 1.88. The van der Waals surface area contributed by atoms with Gasteiger partial charge in [-0.3, -0.25) is 9.89 Å². The second kappa shape index (κ2) is 11.3. The number of aliphatic imine (C=N–C) groups is 1. The molecule has 0 fully saturated rings. The van der Waals surface area contributed by atoms with Gasteiger partial charge in [0.15, 0.2) is 5.96 Å². The molecule has 0 amide bonds. The van der Waals surface area contributed by atoms with Crippen LogP contribution in [0.3, 0.4) is 0 Å². The van der Waals surface area contributed by atoms with Crippen molar-refractivity contribution in [1.82, 2.24) is 15.5 Å². The van der Waals surface area contributed by atoms with Crippen molar-refractivity contribution in [1.29, 1.82) is 0 Å². The Balaban J connectivity index is 1.49. The maximum atomic E-state index is 5.89. The largest absolute Gasteiger partial charge is 0.491 e. The summed E-state index contributed by atoms with van der Waals surface area (Å²) in [5, 5.41) is 9.10. The molecule has 2 heterocycles. The fraction of sp³-hybridized carbons (Fsp3) is 0.522. The van der Waals surface area contributed by atoms with Gasteiger partial charge in [-0.15, -0.1) is 11.3 Å². The summed E-state index contributed by atoms with van der Waals surface area (Å²) in [6.45, 7) is 9.13. The Kier molecular flexibility index (Phi) is 8.54. The molecule has 1 atom stereocenters. The number of aryl methyl sites for hydroxylation is 1. The van der Waals surface area contributed by atoms with E-state index in [2.05, 4.69) is 64.0 Å². The van der Waals surface area contributed by atoms with Crippen molar-refractivity contribution in [2.24, 2.45) is 4.99 Å². The maximum absolute atomic E-state index is 5.89. The first-order valence-corrected chi connectivity index (χ1v) is 11.4. The van der Waals surface area contributed by atoms with E-state index in [1.165, 1.54) is 11.1 Å². The molecule has 30 heavy (non-hydrogen) atoms. The number of guanidine groups is 1. The van der Waals surface area contributed by atoms with Crippen LogP contribution in [-0.2, 0) is 24.2 Å². The van der Waals surface area contributed by atoms with Crippen LogP contribution in [0, 0.1) is 6.92 Å². The van der Waals surface area contributed by atoms with Gasteiger partial charge in [0.05, 0.1) is 6.61 Å². The minimum Gasteiger partial charge on any atom is -0.491 e. The molecular weight excluding hydrogens is 396 g/mol. The number of fused-ring (bicyclic) bond motifs is 1. The third kappa shape index (κ3) is 6.20. The Morgan fingerprint density at radius 1 is 1.27 bits per heavy atom. The lowest BCUT2D eigenvalue weighted by molar-refractivity contribution is 0.145. The molecule has 0 saturated heterocycles. The van der Waals surface area contributed by atoms with Gasteiger partial charge in [-0.2, -0.15) is 0 Å². The van der Waals surface area contributed by atoms with Crippen molar-refractivity contribution in [3.8, 4) is 5.75 Å². The number of nitrogens with one attached hydrogen (secondary N) is 2. The minimum absolute atomic E-state index is 0.434. The monoisotopic (exact) mass is 430 g/mol. The molecule has 0 aliphatic carbocycles. The van der Waals surface area contributed by atoms with Gasteiger partial charge >= 0.3 is 0 Å². The average molecular weight is 431 g/mol. The Morgan fingerprint density at radius 2 is 2.13 bits per heavy atom. The third-order valence-corrected chi connectivity index (χ3v) is 6.49.